The molecule has 4 heterocycles. The van der Waals surface area contributed by atoms with Gasteiger partial charge in [-0.15, -0.1) is 5.10 Å². The molecule has 0 N–H and O–H groups in total. The van der Waals surface area contributed by atoms with E-state index in [4.69, 9.17) is 18.9 Å². The van der Waals surface area contributed by atoms with E-state index < -0.39 is 0 Å². The van der Waals surface area contributed by atoms with Crippen molar-refractivity contribution in [3.05, 3.63) is 64.6 Å². The van der Waals surface area contributed by atoms with Gasteiger partial charge in [-0.05, 0) is 111 Å². The number of aryl methyl sites for hydroxylation is 1. The number of fused-ring (bicyclic) bond motifs is 3. The van der Waals surface area contributed by atoms with Crippen LogP contribution in [0.1, 0.15) is 80.7 Å². The summed E-state index contributed by atoms with van der Waals surface area (Å²) in [4.78, 5) is 2.47. The number of piperidine rings is 1. The Morgan fingerprint density at radius 1 is 0.864 bits per heavy atom. The first-order chi connectivity index (χ1) is 21.7. The van der Waals surface area contributed by atoms with Gasteiger partial charge in [-0.2, -0.15) is 4.39 Å². The molecule has 1 aliphatic carbocycles. The van der Waals surface area contributed by atoms with Crippen molar-refractivity contribution in [2.24, 2.45) is 11.8 Å². The van der Waals surface area contributed by atoms with Crippen LogP contribution in [0, 0.1) is 17.8 Å². The maximum atomic E-state index is 15.8. The second-order valence-corrected chi connectivity index (χ2v) is 12.9. The molecule has 1 aromatic heterocycles. The standard InChI is InChI=1S/C36H46FN3O4/c1-41-36(42-2)26-15-19-39(20-16-26)27-11-9-25(10-12-27)33-28(24-17-22-43-23-18-24)6-5-7-29-30(33)13-14-31-34(29)35(37)38-40(31)32-8-3-4-21-44-32/h9-14,24,26,32,36H,3-8,15-23H2,1-2H3. The number of hydrogen-bond acceptors (Lipinski definition) is 6. The van der Waals surface area contributed by atoms with Crippen molar-refractivity contribution >= 4 is 22.2 Å². The van der Waals surface area contributed by atoms with E-state index >= 15 is 4.39 Å². The Balaban J connectivity index is 1.25. The van der Waals surface area contributed by atoms with E-state index in [-0.39, 0.29) is 18.5 Å². The summed E-state index contributed by atoms with van der Waals surface area (Å²) in [5.74, 6) is 0.529. The average Bonchev–Trinajstić information content (AvgIpc) is 3.30. The van der Waals surface area contributed by atoms with Gasteiger partial charge in [0.25, 0.3) is 0 Å². The Kier molecular flexibility index (Phi) is 9.03. The van der Waals surface area contributed by atoms with E-state index in [1.165, 1.54) is 28.0 Å². The molecule has 4 aliphatic rings. The number of allylic oxidation sites excluding steroid dienone is 1. The predicted octanol–water partition coefficient (Wildman–Crippen LogP) is 7.27. The van der Waals surface area contributed by atoms with E-state index in [0.29, 0.717) is 23.8 Å². The molecule has 2 aromatic carbocycles. The Hall–Kier alpha value is -2.78. The fraction of sp³-hybridized carbons (Fsp3) is 0.583. The fourth-order valence-corrected chi connectivity index (χ4v) is 8.18. The van der Waals surface area contributed by atoms with Crippen molar-refractivity contribution in [3.8, 4) is 0 Å². The van der Waals surface area contributed by atoms with E-state index in [2.05, 4.69) is 46.4 Å². The molecule has 236 valence electrons. The zero-order chi connectivity index (χ0) is 30.0. The lowest BCUT2D eigenvalue weighted by Crippen LogP contribution is -2.39. The molecule has 3 saturated heterocycles. The first kappa shape index (κ1) is 29.9. The van der Waals surface area contributed by atoms with Crippen LogP contribution in [0.25, 0.3) is 16.5 Å². The van der Waals surface area contributed by atoms with Crippen molar-refractivity contribution in [1.82, 2.24) is 9.78 Å². The summed E-state index contributed by atoms with van der Waals surface area (Å²) in [6, 6.07) is 13.4. The predicted molar refractivity (Wildman–Crippen MR) is 170 cm³/mol. The van der Waals surface area contributed by atoms with Crippen LogP contribution in [0.4, 0.5) is 10.1 Å². The molecule has 3 aromatic rings. The smallest absolute Gasteiger partial charge is 0.240 e. The number of nitrogens with zero attached hydrogens (tertiary/aromatic N) is 3. The third-order valence-corrected chi connectivity index (χ3v) is 10.5. The number of ether oxygens (including phenoxy) is 4. The number of aromatic nitrogens is 2. The number of benzene rings is 2. The minimum absolute atomic E-state index is 0.135. The van der Waals surface area contributed by atoms with Crippen molar-refractivity contribution in [2.45, 2.75) is 76.7 Å². The quantitative estimate of drug-likeness (QED) is 0.265. The van der Waals surface area contributed by atoms with Crippen molar-refractivity contribution < 1.29 is 23.3 Å². The highest BCUT2D eigenvalue weighted by molar-refractivity contribution is 5.93. The second-order valence-electron chi connectivity index (χ2n) is 12.9. The monoisotopic (exact) mass is 603 g/mol. The van der Waals surface area contributed by atoms with Crippen molar-refractivity contribution in [2.75, 3.05) is 52.0 Å². The molecule has 1 unspecified atom stereocenters. The number of anilines is 1. The first-order valence-electron chi connectivity index (χ1n) is 16.7. The maximum absolute atomic E-state index is 15.8. The molecule has 1 atom stereocenters. The lowest BCUT2D eigenvalue weighted by atomic mass is 9.81. The van der Waals surface area contributed by atoms with E-state index in [9.17, 15) is 0 Å². The molecule has 44 heavy (non-hydrogen) atoms. The number of rotatable bonds is 7. The second kappa shape index (κ2) is 13.3. The minimum Gasteiger partial charge on any atom is -0.381 e. The van der Waals surface area contributed by atoms with Gasteiger partial charge in [-0.1, -0.05) is 23.8 Å². The summed E-state index contributed by atoms with van der Waals surface area (Å²) < 4.78 is 40.5. The van der Waals surface area contributed by atoms with Crippen LogP contribution in [0.5, 0.6) is 0 Å². The van der Waals surface area contributed by atoms with E-state index in [1.54, 1.807) is 18.9 Å². The van der Waals surface area contributed by atoms with Gasteiger partial charge in [0.05, 0.1) is 10.9 Å². The van der Waals surface area contributed by atoms with Gasteiger partial charge in [0.2, 0.25) is 5.95 Å². The summed E-state index contributed by atoms with van der Waals surface area (Å²) in [6.07, 6.45) is 9.70. The van der Waals surface area contributed by atoms with Gasteiger partial charge in [0.15, 0.2) is 12.5 Å². The molecule has 3 fully saturated rings. The first-order valence-corrected chi connectivity index (χ1v) is 16.7. The Morgan fingerprint density at radius 2 is 1.64 bits per heavy atom. The van der Waals surface area contributed by atoms with Gasteiger partial charge < -0.3 is 23.8 Å². The molecular formula is C36H46FN3O4. The van der Waals surface area contributed by atoms with Gasteiger partial charge in [-0.3, -0.25) is 0 Å². The topological polar surface area (TPSA) is 58.0 Å². The van der Waals surface area contributed by atoms with Crippen LogP contribution < -0.4 is 4.90 Å². The molecule has 0 spiro atoms. The molecule has 0 saturated carbocycles. The minimum atomic E-state index is -0.372. The number of methoxy groups -OCH3 is 2. The fourth-order valence-electron chi connectivity index (χ4n) is 8.18. The summed E-state index contributed by atoms with van der Waals surface area (Å²) in [5, 5.41) is 5.09. The van der Waals surface area contributed by atoms with Crippen LogP contribution in [-0.2, 0) is 25.4 Å². The lowest BCUT2D eigenvalue weighted by Gasteiger charge is -2.36. The summed E-state index contributed by atoms with van der Waals surface area (Å²) >= 11 is 0. The van der Waals surface area contributed by atoms with Crippen molar-refractivity contribution in [3.63, 3.8) is 0 Å². The molecule has 0 amide bonds. The molecule has 3 aliphatic heterocycles. The van der Waals surface area contributed by atoms with Gasteiger partial charge in [0.1, 0.15) is 0 Å². The van der Waals surface area contributed by atoms with Crippen molar-refractivity contribution in [1.29, 1.82) is 0 Å². The summed E-state index contributed by atoms with van der Waals surface area (Å²) in [5.41, 5.74) is 8.37. The lowest BCUT2D eigenvalue weighted by molar-refractivity contribution is -0.141. The molecule has 7 nitrogen and oxygen atoms in total. The average molecular weight is 604 g/mol. The van der Waals surface area contributed by atoms with E-state index in [0.717, 1.165) is 102 Å². The molecule has 8 heteroatoms. The summed E-state index contributed by atoms with van der Waals surface area (Å²) in [6.45, 7) is 4.28. The third-order valence-electron chi connectivity index (χ3n) is 10.5. The number of halogens is 1. The van der Waals surface area contributed by atoms with Gasteiger partial charge >= 0.3 is 0 Å². The van der Waals surface area contributed by atoms with Crippen LogP contribution in [-0.4, -0.2) is 63.2 Å². The van der Waals surface area contributed by atoms with Crippen LogP contribution in [0.15, 0.2) is 42.0 Å². The third kappa shape index (κ3) is 5.70. The highest BCUT2D eigenvalue weighted by Gasteiger charge is 2.31. The van der Waals surface area contributed by atoms with Gasteiger partial charge in [-0.25, -0.2) is 4.68 Å². The van der Waals surface area contributed by atoms with Crippen LogP contribution in [0.2, 0.25) is 0 Å². The zero-order valence-electron chi connectivity index (χ0n) is 26.2. The SMILES string of the molecule is COC(OC)C1CCN(c2ccc(C3=C(C4CCOCC4)CCCc4c3ccc3c4c(F)nn3C3CCCCO3)cc2)CC1. The molecule has 0 radical (unpaired) electrons. The zero-order valence-corrected chi connectivity index (χ0v) is 26.2. The molecule has 7 rings (SSSR count). The molecule has 0 bridgehead atoms. The Bertz CT molecular complexity index is 1460. The maximum Gasteiger partial charge on any atom is 0.240 e. The van der Waals surface area contributed by atoms with E-state index in [1.807, 2.05) is 0 Å². The van der Waals surface area contributed by atoms with Gasteiger partial charge in [0, 0.05) is 58.7 Å². The number of hydrogen-bond donors (Lipinski definition) is 0. The highest BCUT2D eigenvalue weighted by atomic mass is 19.1. The van der Waals surface area contributed by atoms with Crippen LogP contribution >= 0.6 is 0 Å². The van der Waals surface area contributed by atoms with Crippen LogP contribution in [0.3, 0.4) is 0 Å². The molecular weight excluding hydrogens is 557 g/mol. The summed E-state index contributed by atoms with van der Waals surface area (Å²) in [7, 11) is 3.45. The Labute approximate surface area is 260 Å². The largest absolute Gasteiger partial charge is 0.381 e. The Morgan fingerprint density at radius 3 is 2.34 bits per heavy atom. The normalized spacial score (nSPS) is 22.5. The highest BCUT2D eigenvalue weighted by Crippen LogP contribution is 2.44.